The second-order valence-electron chi connectivity index (χ2n) is 4.26. The van der Waals surface area contributed by atoms with E-state index in [1.807, 2.05) is 6.92 Å². The van der Waals surface area contributed by atoms with E-state index in [1.54, 1.807) is 0 Å². The van der Waals surface area contributed by atoms with Gasteiger partial charge in [-0.25, -0.2) is 4.57 Å². The molecule has 1 N–H and O–H groups in total. The Bertz CT molecular complexity index is 375. The first-order valence-corrected chi connectivity index (χ1v) is 8.12. The highest BCUT2D eigenvalue weighted by Crippen LogP contribution is 2.43. The van der Waals surface area contributed by atoms with Gasteiger partial charge in [-0.2, -0.15) is 0 Å². The number of hydrogen-bond acceptors (Lipinski definition) is 3. The van der Waals surface area contributed by atoms with Crippen molar-refractivity contribution in [3.8, 4) is 24.4 Å². The zero-order valence-corrected chi connectivity index (χ0v) is 12.6. The van der Waals surface area contributed by atoms with Crippen LogP contribution in [0.25, 0.3) is 0 Å². The average Bonchev–Trinajstić information content (AvgIpc) is 2.38. The van der Waals surface area contributed by atoms with Crippen LogP contribution in [0.15, 0.2) is 0 Å². The number of phosphoric ester groups is 1. The van der Waals surface area contributed by atoms with Crippen molar-refractivity contribution in [2.24, 2.45) is 5.92 Å². The van der Waals surface area contributed by atoms with E-state index in [0.29, 0.717) is 12.8 Å². The van der Waals surface area contributed by atoms with Gasteiger partial charge in [-0.05, 0) is 12.3 Å². The van der Waals surface area contributed by atoms with Gasteiger partial charge in [0, 0.05) is 12.8 Å². The van der Waals surface area contributed by atoms with Crippen molar-refractivity contribution in [2.75, 3.05) is 6.61 Å². The molecule has 0 radical (unpaired) electrons. The molecule has 0 fully saturated rings. The monoisotopic (exact) mass is 286 g/mol. The van der Waals surface area contributed by atoms with E-state index in [2.05, 4.69) is 29.4 Å². The maximum absolute atomic E-state index is 11.5. The highest BCUT2D eigenvalue weighted by atomic mass is 31.2. The van der Waals surface area contributed by atoms with Crippen LogP contribution in [0.1, 0.15) is 52.4 Å². The zero-order valence-electron chi connectivity index (χ0n) is 11.7. The molecule has 0 aliphatic heterocycles. The molecule has 0 saturated carbocycles. The van der Waals surface area contributed by atoms with Gasteiger partial charge >= 0.3 is 7.82 Å². The van der Waals surface area contributed by atoms with Crippen LogP contribution in [-0.4, -0.2) is 11.5 Å². The Morgan fingerprint density at radius 2 is 2.11 bits per heavy atom. The van der Waals surface area contributed by atoms with Crippen molar-refractivity contribution in [3.63, 3.8) is 0 Å². The van der Waals surface area contributed by atoms with Crippen molar-refractivity contribution < 1.29 is 18.5 Å². The maximum Gasteiger partial charge on any atom is 0.535 e. The van der Waals surface area contributed by atoms with Crippen LogP contribution in [0.3, 0.4) is 0 Å². The van der Waals surface area contributed by atoms with E-state index in [-0.39, 0.29) is 12.5 Å². The molecule has 108 valence electrons. The highest BCUT2D eigenvalue weighted by Gasteiger charge is 2.23. The largest absolute Gasteiger partial charge is 0.535 e. The summed E-state index contributed by atoms with van der Waals surface area (Å²) in [5.74, 6) is 5.24. The second-order valence-corrected chi connectivity index (χ2v) is 5.63. The first-order chi connectivity index (χ1) is 9.05. The van der Waals surface area contributed by atoms with E-state index in [0.717, 1.165) is 25.7 Å². The van der Waals surface area contributed by atoms with Gasteiger partial charge < -0.3 is 4.52 Å². The van der Waals surface area contributed by atoms with Crippen LogP contribution < -0.4 is 0 Å². The number of hydrogen-bond donors (Lipinski definition) is 1. The zero-order chi connectivity index (χ0) is 14.6. The van der Waals surface area contributed by atoms with Crippen LogP contribution in [0.5, 0.6) is 0 Å². The Balaban J connectivity index is 4.02. The van der Waals surface area contributed by atoms with Gasteiger partial charge in [-0.15, -0.1) is 12.3 Å². The predicted octanol–water partition coefficient (Wildman–Crippen LogP) is 3.71. The lowest BCUT2D eigenvalue weighted by Gasteiger charge is -2.15. The molecule has 0 amide bonds. The summed E-state index contributed by atoms with van der Waals surface area (Å²) in [6, 6.07) is 0. The second kappa shape index (κ2) is 10.9. The number of phosphoric acid groups is 1. The fourth-order valence-corrected chi connectivity index (χ4v) is 2.03. The van der Waals surface area contributed by atoms with Gasteiger partial charge in [0.1, 0.15) is 6.11 Å². The summed E-state index contributed by atoms with van der Waals surface area (Å²) >= 11 is 0. The fourth-order valence-electron chi connectivity index (χ4n) is 1.40. The highest BCUT2D eigenvalue weighted by molar-refractivity contribution is 7.47. The molecule has 4 nitrogen and oxygen atoms in total. The lowest BCUT2D eigenvalue weighted by Crippen LogP contribution is -2.08. The molecule has 0 heterocycles. The molecule has 2 unspecified atom stereocenters. The Morgan fingerprint density at radius 3 is 2.68 bits per heavy atom. The smallest absolute Gasteiger partial charge is 0.350 e. The normalized spacial score (nSPS) is 14.6. The molecule has 0 aliphatic carbocycles. The van der Waals surface area contributed by atoms with Crippen LogP contribution in [0.2, 0.25) is 0 Å². The molecule has 0 aromatic carbocycles. The van der Waals surface area contributed by atoms with Crippen LogP contribution in [-0.2, 0) is 13.6 Å². The summed E-state index contributed by atoms with van der Waals surface area (Å²) in [6.07, 6.45) is 12.2. The molecular weight excluding hydrogens is 263 g/mol. The Morgan fingerprint density at radius 1 is 1.37 bits per heavy atom. The summed E-state index contributed by atoms with van der Waals surface area (Å²) in [6.45, 7) is 4.36. The third-order valence-corrected chi connectivity index (χ3v) is 3.44. The summed E-state index contributed by atoms with van der Waals surface area (Å²) in [5.41, 5.74) is 0. The van der Waals surface area contributed by atoms with Crippen LogP contribution in [0.4, 0.5) is 0 Å². The van der Waals surface area contributed by atoms with Crippen LogP contribution in [0, 0.1) is 30.3 Å². The lowest BCUT2D eigenvalue weighted by molar-refractivity contribution is 0.159. The first-order valence-electron chi connectivity index (χ1n) is 6.63. The third-order valence-electron chi connectivity index (χ3n) is 2.64. The summed E-state index contributed by atoms with van der Waals surface area (Å²) < 4.78 is 21.0. The molecule has 0 spiro atoms. The molecular formula is C14H23O4P. The molecule has 5 heteroatoms. The van der Waals surface area contributed by atoms with Gasteiger partial charge in [0.25, 0.3) is 0 Å². The molecule has 0 rings (SSSR count). The van der Waals surface area contributed by atoms with Gasteiger partial charge in [0.05, 0.1) is 6.61 Å². The lowest BCUT2D eigenvalue weighted by atomic mass is 10.0. The van der Waals surface area contributed by atoms with Crippen molar-refractivity contribution >= 4 is 7.82 Å². The summed E-state index contributed by atoms with van der Waals surface area (Å²) in [5, 5.41) is 0. The minimum Gasteiger partial charge on any atom is -0.350 e. The number of unbranched alkanes of at least 4 members (excludes halogenated alkanes) is 2. The minimum atomic E-state index is -4.07. The Hall–Kier alpha value is -0.930. The molecule has 0 aromatic heterocycles. The minimum absolute atomic E-state index is 0.219. The van der Waals surface area contributed by atoms with Gasteiger partial charge in [0.2, 0.25) is 0 Å². The van der Waals surface area contributed by atoms with Gasteiger partial charge in [-0.1, -0.05) is 39.0 Å². The van der Waals surface area contributed by atoms with Crippen molar-refractivity contribution in [2.45, 2.75) is 52.4 Å². The van der Waals surface area contributed by atoms with Gasteiger partial charge in [0.15, 0.2) is 0 Å². The van der Waals surface area contributed by atoms with E-state index >= 15 is 0 Å². The number of rotatable bonds is 9. The van der Waals surface area contributed by atoms with Crippen molar-refractivity contribution in [1.82, 2.24) is 0 Å². The fraction of sp³-hybridized carbons (Fsp3) is 0.714. The SMILES string of the molecule is C#CCCC#COP(=O)(O)OCC(CC)CCCC. The molecule has 19 heavy (non-hydrogen) atoms. The van der Waals surface area contributed by atoms with E-state index in [9.17, 15) is 9.46 Å². The molecule has 0 aliphatic rings. The van der Waals surface area contributed by atoms with E-state index < -0.39 is 7.82 Å². The van der Waals surface area contributed by atoms with E-state index in [4.69, 9.17) is 10.9 Å². The Labute approximate surface area is 116 Å². The van der Waals surface area contributed by atoms with Crippen LogP contribution >= 0.6 is 7.82 Å². The van der Waals surface area contributed by atoms with Crippen molar-refractivity contribution in [3.05, 3.63) is 0 Å². The van der Waals surface area contributed by atoms with Gasteiger partial charge in [-0.3, -0.25) is 9.42 Å². The third kappa shape index (κ3) is 10.7. The maximum atomic E-state index is 11.5. The quantitative estimate of drug-likeness (QED) is 0.399. The average molecular weight is 286 g/mol. The number of terminal acetylenes is 1. The molecule has 0 aromatic rings. The predicted molar refractivity (Wildman–Crippen MR) is 76.0 cm³/mol. The topological polar surface area (TPSA) is 55.8 Å². The standard InChI is InChI=1S/C14H23O4P/c1-4-7-9-10-12-17-19(15,16)18-13-14(6-3)11-8-5-2/h1,14H,5-9,11,13H2,2-3H3,(H,15,16). The van der Waals surface area contributed by atoms with Crippen molar-refractivity contribution in [1.29, 1.82) is 0 Å². The molecule has 0 bridgehead atoms. The Kier molecular flexibility index (Phi) is 10.4. The molecule has 0 saturated heterocycles. The summed E-state index contributed by atoms with van der Waals surface area (Å²) in [7, 11) is -4.07. The van der Waals surface area contributed by atoms with E-state index in [1.165, 1.54) is 0 Å². The first kappa shape index (κ1) is 18.1. The summed E-state index contributed by atoms with van der Waals surface area (Å²) in [4.78, 5) is 9.41. The molecule has 2 atom stereocenters.